The molecule has 4 nitrogen and oxygen atoms in total. The topological polar surface area (TPSA) is 49.4 Å². The van der Waals surface area contributed by atoms with Crippen LogP contribution in [-0.2, 0) is 9.59 Å². The molecule has 1 aliphatic rings. The van der Waals surface area contributed by atoms with Crippen molar-refractivity contribution in [2.45, 2.75) is 20.8 Å². The first-order chi connectivity index (χ1) is 14.7. The van der Waals surface area contributed by atoms with E-state index in [4.69, 9.17) is 0 Å². The van der Waals surface area contributed by atoms with Crippen molar-refractivity contribution in [2.75, 3.05) is 10.2 Å². The number of aryl methyl sites for hydroxylation is 3. The van der Waals surface area contributed by atoms with Gasteiger partial charge in [-0.2, -0.15) is 0 Å². The van der Waals surface area contributed by atoms with E-state index in [0.717, 1.165) is 33.7 Å². The van der Waals surface area contributed by atoms with E-state index >= 15 is 0 Å². The van der Waals surface area contributed by atoms with Crippen molar-refractivity contribution >= 4 is 28.8 Å². The summed E-state index contributed by atoms with van der Waals surface area (Å²) in [4.78, 5) is 27.9. The summed E-state index contributed by atoms with van der Waals surface area (Å²) in [6.45, 7) is 5.69. The van der Waals surface area contributed by atoms with Gasteiger partial charge in [0.15, 0.2) is 11.6 Å². The van der Waals surface area contributed by atoms with Crippen LogP contribution in [0.5, 0.6) is 0 Å². The second kappa shape index (κ2) is 7.80. The van der Waals surface area contributed by atoms with Gasteiger partial charge in [0.25, 0.3) is 11.8 Å². The molecule has 2 amide bonds. The Morgan fingerprint density at radius 3 is 1.97 bits per heavy atom. The van der Waals surface area contributed by atoms with Crippen molar-refractivity contribution in [1.82, 2.24) is 0 Å². The van der Waals surface area contributed by atoms with E-state index in [1.54, 1.807) is 24.3 Å². The van der Waals surface area contributed by atoms with E-state index in [2.05, 4.69) is 5.32 Å². The maximum Gasteiger partial charge on any atom is 0.282 e. The molecule has 3 aromatic carbocycles. The van der Waals surface area contributed by atoms with Gasteiger partial charge >= 0.3 is 0 Å². The summed E-state index contributed by atoms with van der Waals surface area (Å²) in [7, 11) is 0. The minimum atomic E-state index is -1.05. The fourth-order valence-corrected chi connectivity index (χ4v) is 3.67. The lowest BCUT2D eigenvalue weighted by Crippen LogP contribution is -2.32. The minimum absolute atomic E-state index is 0.0130. The Bertz CT molecular complexity index is 1230. The molecule has 1 heterocycles. The zero-order chi connectivity index (χ0) is 22.3. The highest BCUT2D eigenvalue weighted by Crippen LogP contribution is 2.34. The molecule has 0 radical (unpaired) electrons. The lowest BCUT2D eigenvalue weighted by Gasteiger charge is -2.17. The van der Waals surface area contributed by atoms with E-state index < -0.39 is 23.4 Å². The predicted octanol–water partition coefficient (Wildman–Crippen LogP) is 5.29. The lowest BCUT2D eigenvalue weighted by molar-refractivity contribution is -0.120. The fourth-order valence-electron chi connectivity index (χ4n) is 3.67. The zero-order valence-corrected chi connectivity index (χ0v) is 17.3. The zero-order valence-electron chi connectivity index (χ0n) is 17.3. The Hall–Kier alpha value is -3.80. The van der Waals surface area contributed by atoms with E-state index in [0.29, 0.717) is 11.3 Å². The van der Waals surface area contributed by atoms with Crippen LogP contribution in [-0.4, -0.2) is 11.8 Å². The van der Waals surface area contributed by atoms with Crippen molar-refractivity contribution in [3.8, 4) is 0 Å². The van der Waals surface area contributed by atoms with Crippen LogP contribution in [0.15, 0.2) is 66.4 Å². The van der Waals surface area contributed by atoms with Crippen LogP contribution in [0.1, 0.15) is 22.3 Å². The molecule has 31 heavy (non-hydrogen) atoms. The first kappa shape index (κ1) is 20.5. The quantitative estimate of drug-likeness (QED) is 0.586. The number of hydrogen-bond acceptors (Lipinski definition) is 3. The number of amides is 2. The maximum absolute atomic E-state index is 13.7. The van der Waals surface area contributed by atoms with Crippen molar-refractivity contribution in [2.24, 2.45) is 0 Å². The summed E-state index contributed by atoms with van der Waals surface area (Å²) in [5.74, 6) is -3.09. The van der Waals surface area contributed by atoms with E-state index in [1.165, 1.54) is 6.07 Å². The van der Waals surface area contributed by atoms with Gasteiger partial charge in [-0.05, 0) is 61.7 Å². The number of rotatable bonds is 4. The van der Waals surface area contributed by atoms with Crippen LogP contribution in [0.2, 0.25) is 0 Å². The highest BCUT2D eigenvalue weighted by atomic mass is 19.2. The van der Waals surface area contributed by atoms with Gasteiger partial charge in [0.1, 0.15) is 5.70 Å². The Labute approximate surface area is 178 Å². The van der Waals surface area contributed by atoms with Gasteiger partial charge in [0.2, 0.25) is 0 Å². The third-order valence-corrected chi connectivity index (χ3v) is 5.08. The second-order valence-corrected chi connectivity index (χ2v) is 7.66. The molecule has 0 bridgehead atoms. The highest BCUT2D eigenvalue weighted by Gasteiger charge is 2.40. The number of nitrogens with one attached hydrogen (secondary N) is 1. The van der Waals surface area contributed by atoms with Gasteiger partial charge in [-0.15, -0.1) is 0 Å². The van der Waals surface area contributed by atoms with Crippen molar-refractivity contribution < 1.29 is 18.4 Å². The van der Waals surface area contributed by atoms with Crippen molar-refractivity contribution in [3.05, 3.63) is 100 Å². The van der Waals surface area contributed by atoms with Crippen LogP contribution < -0.4 is 10.2 Å². The minimum Gasteiger partial charge on any atom is -0.350 e. The van der Waals surface area contributed by atoms with Gasteiger partial charge in [-0.3, -0.25) is 9.59 Å². The standard InChI is InChI=1S/C25H20F2N2O2/c1-14-4-6-17(7-5-14)22-23(28-18-8-9-20(26)21(27)13-18)25(31)29(24(22)30)19-11-15(2)10-16(3)12-19/h4-13,28H,1-3H3. The first-order valence-corrected chi connectivity index (χ1v) is 9.75. The summed E-state index contributed by atoms with van der Waals surface area (Å²) < 4.78 is 27.1. The molecule has 1 aliphatic heterocycles. The van der Waals surface area contributed by atoms with Gasteiger partial charge in [0, 0.05) is 11.8 Å². The number of hydrogen-bond donors (Lipinski definition) is 1. The molecule has 4 rings (SSSR count). The molecular weight excluding hydrogens is 398 g/mol. The van der Waals surface area contributed by atoms with E-state index in [-0.39, 0.29) is 17.0 Å². The summed E-state index contributed by atoms with van der Waals surface area (Å²) in [6.07, 6.45) is 0. The fraction of sp³-hybridized carbons (Fsp3) is 0.120. The Balaban J connectivity index is 1.84. The van der Waals surface area contributed by atoms with Crippen molar-refractivity contribution in [3.63, 3.8) is 0 Å². The average Bonchev–Trinajstić information content (AvgIpc) is 2.94. The van der Waals surface area contributed by atoms with Crippen LogP contribution >= 0.6 is 0 Å². The monoisotopic (exact) mass is 418 g/mol. The molecule has 0 fully saturated rings. The normalized spacial score (nSPS) is 13.9. The molecule has 0 spiro atoms. The van der Waals surface area contributed by atoms with Crippen LogP contribution in [0, 0.1) is 32.4 Å². The molecule has 3 aromatic rings. The average molecular weight is 418 g/mol. The summed E-state index contributed by atoms with van der Waals surface area (Å²) in [6, 6.07) is 15.9. The molecular formula is C25H20F2N2O2. The molecule has 6 heteroatoms. The molecule has 0 atom stereocenters. The molecule has 0 aromatic heterocycles. The molecule has 0 saturated carbocycles. The Morgan fingerprint density at radius 1 is 0.710 bits per heavy atom. The van der Waals surface area contributed by atoms with Crippen LogP contribution in [0.4, 0.5) is 20.2 Å². The molecule has 156 valence electrons. The first-order valence-electron chi connectivity index (χ1n) is 9.75. The highest BCUT2D eigenvalue weighted by molar-refractivity contribution is 6.46. The van der Waals surface area contributed by atoms with Gasteiger partial charge in [0.05, 0.1) is 11.3 Å². The third-order valence-electron chi connectivity index (χ3n) is 5.08. The maximum atomic E-state index is 13.7. The van der Waals surface area contributed by atoms with Gasteiger partial charge < -0.3 is 5.32 Å². The molecule has 1 N–H and O–H groups in total. The number of benzene rings is 3. The van der Waals surface area contributed by atoms with E-state index in [1.807, 2.05) is 39.0 Å². The third kappa shape index (κ3) is 3.84. The number of imide groups is 1. The number of halogens is 2. The SMILES string of the molecule is Cc1ccc(C2=C(Nc3ccc(F)c(F)c3)C(=O)N(c3cc(C)cc(C)c3)C2=O)cc1. The van der Waals surface area contributed by atoms with Gasteiger partial charge in [-0.25, -0.2) is 13.7 Å². The molecule has 0 unspecified atom stereocenters. The van der Waals surface area contributed by atoms with Gasteiger partial charge in [-0.1, -0.05) is 35.9 Å². The molecule has 0 saturated heterocycles. The van der Waals surface area contributed by atoms with Crippen LogP contribution in [0.3, 0.4) is 0 Å². The lowest BCUT2D eigenvalue weighted by atomic mass is 10.0. The summed E-state index contributed by atoms with van der Waals surface area (Å²) in [5, 5.41) is 2.84. The largest absolute Gasteiger partial charge is 0.350 e. The Morgan fingerprint density at radius 2 is 1.35 bits per heavy atom. The smallest absolute Gasteiger partial charge is 0.282 e. The number of anilines is 2. The van der Waals surface area contributed by atoms with E-state index in [9.17, 15) is 18.4 Å². The van der Waals surface area contributed by atoms with Crippen molar-refractivity contribution in [1.29, 1.82) is 0 Å². The number of carbonyl (C=O) groups is 2. The summed E-state index contributed by atoms with van der Waals surface area (Å²) >= 11 is 0. The summed E-state index contributed by atoms with van der Waals surface area (Å²) in [5.41, 5.74) is 4.20. The second-order valence-electron chi connectivity index (χ2n) is 7.66. The number of nitrogens with zero attached hydrogens (tertiary/aromatic N) is 1. The number of carbonyl (C=O) groups excluding carboxylic acids is 2. The molecule has 0 aliphatic carbocycles. The predicted molar refractivity (Wildman–Crippen MR) is 116 cm³/mol. The Kier molecular flexibility index (Phi) is 5.15. The van der Waals surface area contributed by atoms with Crippen LogP contribution in [0.25, 0.3) is 5.57 Å².